The maximum Gasteiger partial charge on any atom is 0.209 e. The number of carbonyl (C=O) groups is 1. The van der Waals surface area contributed by atoms with Crippen LogP contribution in [0.5, 0.6) is 0 Å². The zero-order valence-electron chi connectivity index (χ0n) is 13.5. The zero-order valence-corrected chi connectivity index (χ0v) is 15.0. The molecule has 0 saturated carbocycles. The van der Waals surface area contributed by atoms with Gasteiger partial charge in [-0.1, -0.05) is 60.5 Å². The first-order chi connectivity index (χ1) is 11.5. The van der Waals surface area contributed by atoms with Crippen molar-refractivity contribution in [2.45, 2.75) is 13.3 Å². The summed E-state index contributed by atoms with van der Waals surface area (Å²) in [7, 11) is 1.92. The highest BCUT2D eigenvalue weighted by Gasteiger charge is 2.14. The highest BCUT2D eigenvalue weighted by atomic mass is 35.5. The lowest BCUT2D eigenvalue weighted by atomic mass is 10.0. The van der Waals surface area contributed by atoms with Gasteiger partial charge in [-0.3, -0.25) is 4.79 Å². The lowest BCUT2D eigenvalue weighted by Gasteiger charge is -2.08. The fourth-order valence-corrected chi connectivity index (χ4v) is 3.33. The van der Waals surface area contributed by atoms with Crippen LogP contribution in [-0.4, -0.2) is 10.4 Å². The molecule has 0 aliphatic heterocycles. The molecule has 0 aliphatic rings. The van der Waals surface area contributed by atoms with Gasteiger partial charge in [-0.2, -0.15) is 0 Å². The Labute approximate surface area is 151 Å². The van der Waals surface area contributed by atoms with Gasteiger partial charge in [0, 0.05) is 33.9 Å². The molecule has 3 rings (SSSR count). The second-order valence-corrected chi connectivity index (χ2v) is 6.50. The molecule has 0 fully saturated rings. The highest BCUT2D eigenvalue weighted by Crippen LogP contribution is 2.30. The molecule has 0 saturated heterocycles. The topological polar surface area (TPSA) is 22.0 Å². The third-order valence-corrected chi connectivity index (χ3v) is 4.76. The van der Waals surface area contributed by atoms with E-state index in [1.54, 1.807) is 12.1 Å². The summed E-state index contributed by atoms with van der Waals surface area (Å²) in [5, 5.41) is 1.20. The Morgan fingerprint density at radius 2 is 1.71 bits per heavy atom. The molecular formula is C20H17Cl2NO. The van der Waals surface area contributed by atoms with Crippen molar-refractivity contribution in [3.8, 4) is 11.1 Å². The Hall–Kier alpha value is -2.03. The number of benzene rings is 2. The molecule has 2 nitrogen and oxygen atoms in total. The number of hydrogen-bond acceptors (Lipinski definition) is 1. The van der Waals surface area contributed by atoms with Crippen molar-refractivity contribution in [2.75, 3.05) is 0 Å². The van der Waals surface area contributed by atoms with E-state index in [2.05, 4.69) is 6.92 Å². The molecular weight excluding hydrogens is 341 g/mol. The first-order valence-corrected chi connectivity index (χ1v) is 8.51. The van der Waals surface area contributed by atoms with Crippen molar-refractivity contribution >= 4 is 29.0 Å². The number of nitrogens with zero attached hydrogens (tertiary/aromatic N) is 1. The summed E-state index contributed by atoms with van der Waals surface area (Å²) in [4.78, 5) is 12.7. The van der Waals surface area contributed by atoms with Crippen molar-refractivity contribution in [3.63, 3.8) is 0 Å². The summed E-state index contributed by atoms with van der Waals surface area (Å²) < 4.78 is 1.95. The summed E-state index contributed by atoms with van der Waals surface area (Å²) >= 11 is 12.2. The van der Waals surface area contributed by atoms with E-state index in [4.69, 9.17) is 23.2 Å². The largest absolute Gasteiger partial charge is 0.345 e. The Balaban J connectivity index is 1.91. The third kappa shape index (κ3) is 3.12. The first-order valence-electron chi connectivity index (χ1n) is 7.76. The molecule has 3 aromatic rings. The molecule has 0 bridgehead atoms. The SMILES string of the molecule is CCc1ccc(C(=O)c2ccc(-c3ccc(Cl)cc3Cl)cc2)n1C. The van der Waals surface area contributed by atoms with Gasteiger partial charge in [-0.05, 0) is 36.2 Å². The lowest BCUT2D eigenvalue weighted by Crippen LogP contribution is -2.08. The number of ketones is 1. The van der Waals surface area contributed by atoms with Gasteiger partial charge >= 0.3 is 0 Å². The van der Waals surface area contributed by atoms with E-state index in [0.717, 1.165) is 23.2 Å². The van der Waals surface area contributed by atoms with Crippen LogP contribution in [0.25, 0.3) is 11.1 Å². The van der Waals surface area contributed by atoms with E-state index in [-0.39, 0.29) is 5.78 Å². The van der Waals surface area contributed by atoms with E-state index in [1.165, 1.54) is 0 Å². The quantitative estimate of drug-likeness (QED) is 0.541. The zero-order chi connectivity index (χ0) is 17.3. The highest BCUT2D eigenvalue weighted by molar-refractivity contribution is 6.36. The Morgan fingerprint density at radius 3 is 2.29 bits per heavy atom. The minimum absolute atomic E-state index is 0.0194. The van der Waals surface area contributed by atoms with Crippen LogP contribution in [-0.2, 0) is 13.5 Å². The van der Waals surface area contributed by atoms with Crippen molar-refractivity contribution in [1.82, 2.24) is 4.57 Å². The number of halogens is 2. The number of carbonyl (C=O) groups excluding carboxylic acids is 1. The molecule has 24 heavy (non-hydrogen) atoms. The van der Waals surface area contributed by atoms with Gasteiger partial charge in [0.25, 0.3) is 0 Å². The van der Waals surface area contributed by atoms with Gasteiger partial charge in [-0.25, -0.2) is 0 Å². The van der Waals surface area contributed by atoms with Crippen LogP contribution in [0.4, 0.5) is 0 Å². The van der Waals surface area contributed by atoms with Crippen LogP contribution in [0.3, 0.4) is 0 Å². The molecule has 1 heterocycles. The average Bonchev–Trinajstić information content (AvgIpc) is 2.95. The minimum Gasteiger partial charge on any atom is -0.345 e. The van der Waals surface area contributed by atoms with Crippen LogP contribution < -0.4 is 0 Å². The van der Waals surface area contributed by atoms with Crippen LogP contribution in [0, 0.1) is 0 Å². The fraction of sp³-hybridized carbons (Fsp3) is 0.150. The maximum absolute atomic E-state index is 12.7. The standard InChI is InChI=1S/C20H17Cl2NO/c1-3-16-9-11-19(23(16)2)20(24)14-6-4-13(5-7-14)17-10-8-15(21)12-18(17)22/h4-12H,3H2,1-2H3. The third-order valence-electron chi connectivity index (χ3n) is 4.21. The van der Waals surface area contributed by atoms with E-state index in [1.807, 2.05) is 54.1 Å². The van der Waals surface area contributed by atoms with Crippen molar-refractivity contribution in [2.24, 2.45) is 7.05 Å². The summed E-state index contributed by atoms with van der Waals surface area (Å²) in [6, 6.07) is 16.8. The second-order valence-electron chi connectivity index (χ2n) is 5.65. The molecule has 0 aliphatic carbocycles. The van der Waals surface area contributed by atoms with E-state index in [9.17, 15) is 4.79 Å². The van der Waals surface area contributed by atoms with Gasteiger partial charge < -0.3 is 4.57 Å². The molecule has 1 aromatic heterocycles. The molecule has 0 atom stereocenters. The predicted molar refractivity (Wildman–Crippen MR) is 100 cm³/mol. The van der Waals surface area contributed by atoms with E-state index >= 15 is 0 Å². The van der Waals surface area contributed by atoms with Gasteiger partial charge in [-0.15, -0.1) is 0 Å². The molecule has 0 amide bonds. The molecule has 4 heteroatoms. The number of hydrogen-bond donors (Lipinski definition) is 0. The van der Waals surface area contributed by atoms with E-state index < -0.39 is 0 Å². The van der Waals surface area contributed by atoms with Crippen LogP contribution in [0.1, 0.15) is 28.7 Å². The summed E-state index contributed by atoms with van der Waals surface area (Å²) in [5.41, 5.74) is 4.35. The Kier molecular flexibility index (Phi) is 4.79. The Bertz CT molecular complexity index is 895. The van der Waals surface area contributed by atoms with Gasteiger partial charge in [0.1, 0.15) is 0 Å². The van der Waals surface area contributed by atoms with Crippen molar-refractivity contribution < 1.29 is 4.79 Å². The number of aryl methyl sites for hydroxylation is 1. The Morgan fingerprint density at radius 1 is 1.00 bits per heavy atom. The van der Waals surface area contributed by atoms with Crippen molar-refractivity contribution in [1.29, 1.82) is 0 Å². The lowest BCUT2D eigenvalue weighted by molar-refractivity contribution is 0.103. The first kappa shape index (κ1) is 16.8. The van der Waals surface area contributed by atoms with E-state index in [0.29, 0.717) is 21.3 Å². The van der Waals surface area contributed by atoms with Crippen LogP contribution in [0.15, 0.2) is 54.6 Å². The normalized spacial score (nSPS) is 10.8. The monoisotopic (exact) mass is 357 g/mol. The van der Waals surface area contributed by atoms with Gasteiger partial charge in [0.15, 0.2) is 0 Å². The molecule has 0 radical (unpaired) electrons. The maximum atomic E-state index is 12.7. The van der Waals surface area contributed by atoms with Gasteiger partial charge in [0.05, 0.1) is 5.69 Å². The molecule has 2 aromatic carbocycles. The average molecular weight is 358 g/mol. The second kappa shape index (κ2) is 6.84. The van der Waals surface area contributed by atoms with Crippen LogP contribution >= 0.6 is 23.2 Å². The molecule has 0 unspecified atom stereocenters. The summed E-state index contributed by atoms with van der Waals surface area (Å²) in [5.74, 6) is 0.0194. The minimum atomic E-state index is 0.0194. The molecule has 0 N–H and O–H groups in total. The molecule has 122 valence electrons. The summed E-state index contributed by atoms with van der Waals surface area (Å²) in [6.07, 6.45) is 0.901. The van der Waals surface area contributed by atoms with Gasteiger partial charge in [0.2, 0.25) is 5.78 Å². The number of aromatic nitrogens is 1. The van der Waals surface area contributed by atoms with Crippen molar-refractivity contribution in [3.05, 3.63) is 81.6 Å². The predicted octanol–water partition coefficient (Wildman–Crippen LogP) is 5.79. The fourth-order valence-electron chi connectivity index (χ4n) is 2.81. The smallest absolute Gasteiger partial charge is 0.209 e. The molecule has 0 spiro atoms. The van der Waals surface area contributed by atoms with Crippen LogP contribution in [0.2, 0.25) is 10.0 Å². The summed E-state index contributed by atoms with van der Waals surface area (Å²) in [6.45, 7) is 2.08. The number of rotatable bonds is 4.